The van der Waals surface area contributed by atoms with Gasteiger partial charge in [0.05, 0.1) is 10.5 Å². The zero-order valence-electron chi connectivity index (χ0n) is 10.2. The summed E-state index contributed by atoms with van der Waals surface area (Å²) in [5.74, 6) is -2.49. The number of hydrogen-bond donors (Lipinski definition) is 1. The van der Waals surface area contributed by atoms with Crippen LogP contribution in [-0.4, -0.2) is 21.4 Å². The number of benzene rings is 1. The van der Waals surface area contributed by atoms with E-state index >= 15 is 0 Å². The zero-order valence-corrected chi connectivity index (χ0v) is 10.2. The average Bonchev–Trinajstić information content (AvgIpc) is 2.39. The fourth-order valence-corrected chi connectivity index (χ4v) is 1.69. The van der Waals surface area contributed by atoms with Gasteiger partial charge in [0.15, 0.2) is 5.82 Å². The maximum Gasteiger partial charge on any atom is 0.305 e. The molecule has 0 aliphatic rings. The molecule has 0 bridgehead atoms. The van der Waals surface area contributed by atoms with Crippen molar-refractivity contribution in [2.75, 3.05) is 6.54 Å². The SMILES string of the molecule is NCCc1ccnc(-c2c(F)ccc([N+](=O)[O-])c2F)n1. The Bertz CT molecular complexity index is 664. The van der Waals surface area contributed by atoms with Crippen molar-refractivity contribution in [3.8, 4) is 11.4 Å². The van der Waals surface area contributed by atoms with Gasteiger partial charge in [0.1, 0.15) is 5.82 Å². The minimum Gasteiger partial charge on any atom is -0.330 e. The van der Waals surface area contributed by atoms with Crippen LogP contribution < -0.4 is 5.73 Å². The minimum absolute atomic E-state index is 0.241. The molecule has 0 saturated carbocycles. The van der Waals surface area contributed by atoms with Crippen molar-refractivity contribution in [3.63, 3.8) is 0 Å². The first-order valence-electron chi connectivity index (χ1n) is 5.69. The highest BCUT2D eigenvalue weighted by Gasteiger charge is 2.24. The quantitative estimate of drug-likeness (QED) is 0.681. The Kier molecular flexibility index (Phi) is 3.94. The predicted octanol–water partition coefficient (Wildman–Crippen LogP) is 1.83. The van der Waals surface area contributed by atoms with Gasteiger partial charge >= 0.3 is 5.69 Å². The van der Waals surface area contributed by atoms with Crippen LogP contribution in [0.15, 0.2) is 24.4 Å². The van der Waals surface area contributed by atoms with Gasteiger partial charge in [-0.1, -0.05) is 0 Å². The Morgan fingerprint density at radius 1 is 1.30 bits per heavy atom. The third-order valence-electron chi connectivity index (χ3n) is 2.60. The molecule has 0 radical (unpaired) electrons. The molecule has 0 spiro atoms. The molecule has 0 aliphatic heterocycles. The molecule has 2 aromatic rings. The molecule has 6 nitrogen and oxygen atoms in total. The van der Waals surface area contributed by atoms with Crippen molar-refractivity contribution in [3.05, 3.63) is 51.8 Å². The van der Waals surface area contributed by atoms with Gasteiger partial charge in [0.2, 0.25) is 5.82 Å². The monoisotopic (exact) mass is 280 g/mol. The summed E-state index contributed by atoms with van der Waals surface area (Å²) in [7, 11) is 0. The molecule has 0 atom stereocenters. The molecule has 1 heterocycles. The van der Waals surface area contributed by atoms with Gasteiger partial charge in [-0.15, -0.1) is 0 Å². The van der Waals surface area contributed by atoms with E-state index in [0.717, 1.165) is 12.1 Å². The van der Waals surface area contributed by atoms with Crippen molar-refractivity contribution in [2.45, 2.75) is 6.42 Å². The first kappa shape index (κ1) is 13.9. The van der Waals surface area contributed by atoms with E-state index in [-0.39, 0.29) is 5.82 Å². The van der Waals surface area contributed by atoms with Crippen LogP contribution in [0.2, 0.25) is 0 Å². The van der Waals surface area contributed by atoms with E-state index in [4.69, 9.17) is 5.73 Å². The number of rotatable bonds is 4. The molecule has 0 amide bonds. The summed E-state index contributed by atoms with van der Waals surface area (Å²) in [5.41, 5.74) is 4.44. The van der Waals surface area contributed by atoms with E-state index in [2.05, 4.69) is 9.97 Å². The van der Waals surface area contributed by atoms with Gasteiger partial charge in [-0.05, 0) is 18.7 Å². The van der Waals surface area contributed by atoms with E-state index in [0.29, 0.717) is 18.7 Å². The van der Waals surface area contributed by atoms with E-state index in [1.165, 1.54) is 6.20 Å². The molecule has 1 aromatic carbocycles. The van der Waals surface area contributed by atoms with Gasteiger partial charge in [0, 0.05) is 24.4 Å². The molecule has 2 rings (SSSR count). The summed E-state index contributed by atoms with van der Waals surface area (Å²) >= 11 is 0. The van der Waals surface area contributed by atoms with Crippen molar-refractivity contribution in [1.29, 1.82) is 0 Å². The molecule has 0 aliphatic carbocycles. The molecule has 0 unspecified atom stereocenters. The van der Waals surface area contributed by atoms with Gasteiger partial charge in [0.25, 0.3) is 0 Å². The Hall–Kier alpha value is -2.48. The lowest BCUT2D eigenvalue weighted by Crippen LogP contribution is -2.06. The number of halogens is 2. The van der Waals surface area contributed by atoms with Gasteiger partial charge in [-0.3, -0.25) is 10.1 Å². The smallest absolute Gasteiger partial charge is 0.305 e. The molecular weight excluding hydrogens is 270 g/mol. The molecule has 20 heavy (non-hydrogen) atoms. The highest BCUT2D eigenvalue weighted by Crippen LogP contribution is 2.29. The minimum atomic E-state index is -1.29. The number of nitro groups is 1. The Morgan fingerprint density at radius 3 is 2.70 bits per heavy atom. The number of aromatic nitrogens is 2. The number of hydrogen-bond acceptors (Lipinski definition) is 5. The molecular formula is C12H10F2N4O2. The van der Waals surface area contributed by atoms with Crippen LogP contribution >= 0.6 is 0 Å². The second-order valence-electron chi connectivity index (χ2n) is 3.92. The van der Waals surface area contributed by atoms with Gasteiger partial charge < -0.3 is 5.73 Å². The third kappa shape index (κ3) is 2.59. The summed E-state index contributed by atoms with van der Waals surface area (Å²) in [6, 6.07) is 3.14. The number of nitrogens with two attached hydrogens (primary N) is 1. The lowest BCUT2D eigenvalue weighted by molar-refractivity contribution is -0.387. The van der Waals surface area contributed by atoms with Crippen LogP contribution in [0.4, 0.5) is 14.5 Å². The standard InChI is InChI=1S/C12H10F2N4O2/c13-8-1-2-9(18(19)20)11(14)10(8)12-16-6-4-7(17-12)3-5-15/h1-2,4,6H,3,5,15H2. The average molecular weight is 280 g/mol. The van der Waals surface area contributed by atoms with E-state index in [1.807, 2.05) is 0 Å². The summed E-state index contributed by atoms with van der Waals surface area (Å²) < 4.78 is 27.7. The first-order valence-corrected chi connectivity index (χ1v) is 5.69. The van der Waals surface area contributed by atoms with Crippen molar-refractivity contribution in [2.24, 2.45) is 5.73 Å². The Morgan fingerprint density at radius 2 is 2.05 bits per heavy atom. The van der Waals surface area contributed by atoms with Gasteiger partial charge in [-0.2, -0.15) is 4.39 Å². The summed E-state index contributed by atoms with van der Waals surface area (Å²) in [6.07, 6.45) is 1.73. The molecule has 0 fully saturated rings. The van der Waals surface area contributed by atoms with Crippen LogP contribution in [0.25, 0.3) is 11.4 Å². The normalized spacial score (nSPS) is 10.6. The number of nitro benzene ring substituents is 1. The Balaban J connectivity index is 2.59. The fourth-order valence-electron chi connectivity index (χ4n) is 1.69. The molecule has 0 saturated heterocycles. The third-order valence-corrected chi connectivity index (χ3v) is 2.60. The van der Waals surface area contributed by atoms with Crippen LogP contribution in [0.3, 0.4) is 0 Å². The summed E-state index contributed by atoms with van der Waals surface area (Å²) in [4.78, 5) is 17.5. The fraction of sp³-hybridized carbons (Fsp3) is 0.167. The zero-order chi connectivity index (χ0) is 14.7. The highest BCUT2D eigenvalue weighted by atomic mass is 19.1. The first-order chi connectivity index (χ1) is 9.54. The highest BCUT2D eigenvalue weighted by molar-refractivity contribution is 5.61. The van der Waals surface area contributed by atoms with Crippen molar-refractivity contribution < 1.29 is 13.7 Å². The van der Waals surface area contributed by atoms with Crippen LogP contribution in [0.1, 0.15) is 5.69 Å². The largest absolute Gasteiger partial charge is 0.330 e. The molecule has 1 aromatic heterocycles. The lowest BCUT2D eigenvalue weighted by Gasteiger charge is -2.05. The number of nitrogens with zero attached hydrogens (tertiary/aromatic N) is 3. The van der Waals surface area contributed by atoms with E-state index in [1.54, 1.807) is 6.07 Å². The van der Waals surface area contributed by atoms with Crippen molar-refractivity contribution >= 4 is 5.69 Å². The predicted molar refractivity (Wildman–Crippen MR) is 66.8 cm³/mol. The maximum atomic E-state index is 14.0. The van der Waals surface area contributed by atoms with Gasteiger partial charge in [-0.25, -0.2) is 14.4 Å². The molecule has 2 N–H and O–H groups in total. The van der Waals surface area contributed by atoms with Crippen molar-refractivity contribution in [1.82, 2.24) is 9.97 Å². The second-order valence-corrected chi connectivity index (χ2v) is 3.92. The topological polar surface area (TPSA) is 94.9 Å². The maximum absolute atomic E-state index is 14.0. The van der Waals surface area contributed by atoms with Crippen LogP contribution in [0.5, 0.6) is 0 Å². The van der Waals surface area contributed by atoms with Crippen LogP contribution in [-0.2, 0) is 6.42 Å². The lowest BCUT2D eigenvalue weighted by atomic mass is 10.1. The van der Waals surface area contributed by atoms with E-state index < -0.39 is 27.8 Å². The summed E-state index contributed by atoms with van der Waals surface area (Å²) in [5, 5.41) is 10.7. The Labute approximate surface area is 112 Å². The van der Waals surface area contributed by atoms with Crippen LogP contribution in [0, 0.1) is 21.7 Å². The summed E-state index contributed by atoms with van der Waals surface area (Å²) in [6.45, 7) is 0.316. The molecule has 8 heteroatoms. The molecule has 104 valence electrons. The van der Waals surface area contributed by atoms with E-state index in [9.17, 15) is 18.9 Å². The second kappa shape index (κ2) is 5.66.